The lowest BCUT2D eigenvalue weighted by Gasteiger charge is -2.11. The summed E-state index contributed by atoms with van der Waals surface area (Å²) >= 11 is 0. The van der Waals surface area contributed by atoms with Crippen LogP contribution in [0.15, 0.2) is 24.3 Å². The first-order valence-corrected chi connectivity index (χ1v) is 5.22. The fourth-order valence-corrected chi connectivity index (χ4v) is 1.54. The van der Waals surface area contributed by atoms with Crippen molar-refractivity contribution in [3.8, 4) is 0 Å². The van der Waals surface area contributed by atoms with Crippen molar-refractivity contribution < 1.29 is 15.0 Å². The zero-order valence-electron chi connectivity index (χ0n) is 9.05. The van der Waals surface area contributed by atoms with Gasteiger partial charge in [0.05, 0.1) is 24.8 Å². The number of H-pyrrole nitrogens is 1. The number of amides is 1. The first-order valence-electron chi connectivity index (χ1n) is 5.22. The predicted molar refractivity (Wildman–Crippen MR) is 61.5 cm³/mol. The van der Waals surface area contributed by atoms with Gasteiger partial charge in [0, 0.05) is 5.39 Å². The third-order valence-corrected chi connectivity index (χ3v) is 2.46. The molecule has 0 aliphatic rings. The van der Waals surface area contributed by atoms with Gasteiger partial charge in [-0.3, -0.25) is 9.89 Å². The zero-order chi connectivity index (χ0) is 12.3. The summed E-state index contributed by atoms with van der Waals surface area (Å²) in [5, 5.41) is 27.6. The van der Waals surface area contributed by atoms with Crippen molar-refractivity contribution in [2.45, 2.75) is 6.04 Å². The Morgan fingerprint density at radius 2 is 2.06 bits per heavy atom. The molecule has 0 saturated heterocycles. The van der Waals surface area contributed by atoms with E-state index in [1.165, 1.54) is 0 Å². The van der Waals surface area contributed by atoms with E-state index in [0.29, 0.717) is 5.39 Å². The summed E-state index contributed by atoms with van der Waals surface area (Å²) < 4.78 is 0. The van der Waals surface area contributed by atoms with Crippen LogP contribution in [-0.2, 0) is 0 Å². The Balaban J connectivity index is 2.25. The Morgan fingerprint density at radius 1 is 1.35 bits per heavy atom. The van der Waals surface area contributed by atoms with Gasteiger partial charge in [0.15, 0.2) is 5.69 Å². The van der Waals surface area contributed by atoms with Crippen LogP contribution in [0.4, 0.5) is 0 Å². The van der Waals surface area contributed by atoms with E-state index >= 15 is 0 Å². The number of hydrogen-bond acceptors (Lipinski definition) is 4. The molecule has 1 aromatic carbocycles. The molecule has 0 saturated carbocycles. The summed E-state index contributed by atoms with van der Waals surface area (Å²) in [7, 11) is 0. The average Bonchev–Trinajstić information content (AvgIpc) is 2.79. The molecule has 0 unspecified atom stereocenters. The quantitative estimate of drug-likeness (QED) is 0.582. The van der Waals surface area contributed by atoms with Crippen molar-refractivity contribution >= 4 is 16.8 Å². The Labute approximate surface area is 97.3 Å². The van der Waals surface area contributed by atoms with Gasteiger partial charge in [0.25, 0.3) is 5.91 Å². The Kier molecular flexibility index (Phi) is 3.36. The second-order valence-electron chi connectivity index (χ2n) is 3.65. The highest BCUT2D eigenvalue weighted by Crippen LogP contribution is 2.14. The van der Waals surface area contributed by atoms with E-state index in [-0.39, 0.29) is 18.9 Å². The van der Waals surface area contributed by atoms with Crippen LogP contribution in [0.25, 0.3) is 10.9 Å². The molecule has 0 atom stereocenters. The molecule has 0 bridgehead atoms. The molecule has 0 spiro atoms. The van der Waals surface area contributed by atoms with Gasteiger partial charge in [-0.25, -0.2) is 0 Å². The summed E-state index contributed by atoms with van der Waals surface area (Å²) in [4.78, 5) is 11.8. The van der Waals surface area contributed by atoms with Gasteiger partial charge in [0.1, 0.15) is 0 Å². The molecule has 0 aliphatic carbocycles. The third-order valence-electron chi connectivity index (χ3n) is 2.46. The average molecular weight is 235 g/mol. The Morgan fingerprint density at radius 3 is 2.76 bits per heavy atom. The van der Waals surface area contributed by atoms with E-state index < -0.39 is 11.9 Å². The molecule has 6 nitrogen and oxygen atoms in total. The van der Waals surface area contributed by atoms with Crippen LogP contribution in [0, 0.1) is 0 Å². The minimum atomic E-state index is -0.669. The maximum absolute atomic E-state index is 11.8. The molecule has 6 heteroatoms. The number of hydrogen-bond donors (Lipinski definition) is 4. The fourth-order valence-electron chi connectivity index (χ4n) is 1.54. The Bertz CT molecular complexity index is 519. The summed E-state index contributed by atoms with van der Waals surface area (Å²) in [6.07, 6.45) is 0. The second-order valence-corrected chi connectivity index (χ2v) is 3.65. The van der Waals surface area contributed by atoms with Crippen LogP contribution < -0.4 is 5.32 Å². The maximum Gasteiger partial charge on any atom is 0.272 e. The molecule has 0 radical (unpaired) electrons. The fraction of sp³-hybridized carbons (Fsp3) is 0.273. The number of carbonyl (C=O) groups is 1. The van der Waals surface area contributed by atoms with Gasteiger partial charge < -0.3 is 15.5 Å². The molecule has 2 aromatic rings. The van der Waals surface area contributed by atoms with Crippen molar-refractivity contribution in [2.24, 2.45) is 0 Å². The van der Waals surface area contributed by atoms with E-state index in [9.17, 15) is 4.79 Å². The normalized spacial score (nSPS) is 11.0. The zero-order valence-corrected chi connectivity index (χ0v) is 9.05. The number of rotatable bonds is 4. The molecule has 2 rings (SSSR count). The minimum absolute atomic E-state index is 0.257. The SMILES string of the molecule is O=C(NC(CO)CO)c1n[nH]c2ccccc12. The van der Waals surface area contributed by atoms with Crippen LogP contribution in [0.5, 0.6) is 0 Å². The summed E-state index contributed by atoms with van der Waals surface area (Å²) in [6.45, 7) is -0.630. The Hall–Kier alpha value is -1.92. The first-order chi connectivity index (χ1) is 8.26. The molecule has 4 N–H and O–H groups in total. The molecule has 1 aromatic heterocycles. The van der Waals surface area contributed by atoms with E-state index in [1.54, 1.807) is 6.07 Å². The highest BCUT2D eigenvalue weighted by atomic mass is 16.3. The standard InChI is InChI=1S/C11H13N3O3/c15-5-7(6-16)12-11(17)10-8-3-1-2-4-9(8)13-14-10/h1-4,7,15-16H,5-6H2,(H,12,17)(H,13,14). The first kappa shape index (κ1) is 11.6. The largest absolute Gasteiger partial charge is 0.394 e. The van der Waals surface area contributed by atoms with Gasteiger partial charge in [-0.15, -0.1) is 0 Å². The molecule has 1 amide bonds. The third kappa shape index (κ3) is 2.27. The van der Waals surface area contributed by atoms with E-state index in [4.69, 9.17) is 10.2 Å². The number of nitrogens with one attached hydrogen (secondary N) is 2. The molecular formula is C11H13N3O3. The lowest BCUT2D eigenvalue weighted by molar-refractivity contribution is 0.0876. The van der Waals surface area contributed by atoms with Crippen LogP contribution in [0.2, 0.25) is 0 Å². The number of benzene rings is 1. The van der Waals surface area contributed by atoms with Gasteiger partial charge in [-0.1, -0.05) is 18.2 Å². The highest BCUT2D eigenvalue weighted by molar-refractivity contribution is 6.04. The molecule has 0 fully saturated rings. The van der Waals surface area contributed by atoms with E-state index in [0.717, 1.165) is 5.52 Å². The van der Waals surface area contributed by atoms with Crippen LogP contribution in [0.1, 0.15) is 10.5 Å². The molecule has 0 aliphatic heterocycles. The molecule has 1 heterocycles. The van der Waals surface area contributed by atoms with Gasteiger partial charge >= 0.3 is 0 Å². The molecule has 90 valence electrons. The molecule has 17 heavy (non-hydrogen) atoms. The number of aliphatic hydroxyl groups is 2. The van der Waals surface area contributed by atoms with E-state index in [1.807, 2.05) is 18.2 Å². The summed E-state index contributed by atoms with van der Waals surface area (Å²) in [5.41, 5.74) is 1.02. The van der Waals surface area contributed by atoms with Crippen molar-refractivity contribution in [2.75, 3.05) is 13.2 Å². The van der Waals surface area contributed by atoms with Crippen molar-refractivity contribution in [3.63, 3.8) is 0 Å². The number of nitrogens with zero attached hydrogens (tertiary/aromatic N) is 1. The van der Waals surface area contributed by atoms with Crippen LogP contribution in [-0.4, -0.2) is 45.6 Å². The number of aromatic nitrogens is 2. The number of carbonyl (C=O) groups excluding carboxylic acids is 1. The van der Waals surface area contributed by atoms with Crippen molar-refractivity contribution in [1.82, 2.24) is 15.5 Å². The number of aromatic amines is 1. The highest BCUT2D eigenvalue weighted by Gasteiger charge is 2.16. The van der Waals surface area contributed by atoms with E-state index in [2.05, 4.69) is 15.5 Å². The number of para-hydroxylation sites is 1. The van der Waals surface area contributed by atoms with Gasteiger partial charge in [-0.05, 0) is 6.07 Å². The van der Waals surface area contributed by atoms with Crippen molar-refractivity contribution in [1.29, 1.82) is 0 Å². The maximum atomic E-state index is 11.8. The van der Waals surface area contributed by atoms with Gasteiger partial charge in [-0.2, -0.15) is 5.10 Å². The predicted octanol–water partition coefficient (Wildman–Crippen LogP) is -0.354. The minimum Gasteiger partial charge on any atom is -0.394 e. The summed E-state index contributed by atoms with van der Waals surface area (Å²) in [5.74, 6) is -0.421. The van der Waals surface area contributed by atoms with Crippen LogP contribution >= 0.6 is 0 Å². The summed E-state index contributed by atoms with van der Waals surface area (Å²) in [6, 6.07) is 6.57. The smallest absolute Gasteiger partial charge is 0.272 e. The van der Waals surface area contributed by atoms with Crippen molar-refractivity contribution in [3.05, 3.63) is 30.0 Å². The number of aliphatic hydroxyl groups excluding tert-OH is 2. The monoisotopic (exact) mass is 235 g/mol. The molecular weight excluding hydrogens is 222 g/mol. The lowest BCUT2D eigenvalue weighted by atomic mass is 10.2. The van der Waals surface area contributed by atoms with Crippen LogP contribution in [0.3, 0.4) is 0 Å². The van der Waals surface area contributed by atoms with Gasteiger partial charge in [0.2, 0.25) is 0 Å². The lowest BCUT2D eigenvalue weighted by Crippen LogP contribution is -2.40. The number of fused-ring (bicyclic) bond motifs is 1. The second kappa shape index (κ2) is 4.94. The topological polar surface area (TPSA) is 98.2 Å².